The third kappa shape index (κ3) is 84.6. The average Bonchev–Trinajstić information content (AvgIpc) is 2.05. The van der Waals surface area contributed by atoms with E-state index in [0.29, 0.717) is 19.4 Å². The molecular formula is C93H177NO5. The summed E-state index contributed by atoms with van der Waals surface area (Å²) in [5.74, 6) is -0.0413. The van der Waals surface area contributed by atoms with Crippen LogP contribution in [0.1, 0.15) is 508 Å². The normalized spacial score (nSPS) is 12.6. The zero-order valence-corrected chi connectivity index (χ0v) is 67.3. The first-order valence-corrected chi connectivity index (χ1v) is 45.4. The molecule has 0 radical (unpaired) electrons. The number of allylic oxidation sites excluding steroid dienone is 7. The molecule has 0 aromatic rings. The number of amides is 1. The zero-order chi connectivity index (χ0) is 71.2. The van der Waals surface area contributed by atoms with E-state index in [2.05, 4.69) is 55.6 Å². The molecule has 0 bridgehead atoms. The highest BCUT2D eigenvalue weighted by Gasteiger charge is 2.18. The largest absolute Gasteiger partial charge is 0.466 e. The third-order valence-corrected chi connectivity index (χ3v) is 21.3. The van der Waals surface area contributed by atoms with Crippen LogP contribution in [0.2, 0.25) is 0 Å². The Bertz CT molecular complexity index is 1650. The average molecular weight is 1390 g/mol. The fourth-order valence-electron chi connectivity index (χ4n) is 14.4. The summed E-state index contributed by atoms with van der Waals surface area (Å²) in [6.45, 7) is 4.96. The van der Waals surface area contributed by atoms with Gasteiger partial charge in [-0.1, -0.05) is 454 Å². The summed E-state index contributed by atoms with van der Waals surface area (Å²) in [5, 5.41) is 23.4. The fraction of sp³-hybridized carbons (Fsp3) is 0.892. The van der Waals surface area contributed by atoms with Crippen LogP contribution in [0.15, 0.2) is 48.6 Å². The summed E-state index contributed by atoms with van der Waals surface area (Å²) in [6, 6.07) is -0.628. The topological polar surface area (TPSA) is 95.9 Å². The predicted molar refractivity (Wildman–Crippen MR) is 439 cm³/mol. The number of carbonyl (C=O) groups is 2. The number of ether oxygens (including phenoxy) is 1. The van der Waals surface area contributed by atoms with Gasteiger partial charge < -0.3 is 20.3 Å². The van der Waals surface area contributed by atoms with E-state index in [9.17, 15) is 19.8 Å². The Kier molecular flexibility index (Phi) is 86.3. The lowest BCUT2D eigenvalue weighted by Gasteiger charge is -2.20. The Morgan fingerprint density at radius 1 is 0.283 bits per heavy atom. The summed E-state index contributed by atoms with van der Waals surface area (Å²) in [6.07, 6.45) is 119. The second kappa shape index (κ2) is 88.2. The van der Waals surface area contributed by atoms with Crippen molar-refractivity contribution in [2.45, 2.75) is 520 Å². The Morgan fingerprint density at radius 3 is 0.778 bits per heavy atom. The Hall–Kier alpha value is -2.18. The van der Waals surface area contributed by atoms with Gasteiger partial charge in [0, 0.05) is 12.8 Å². The first-order valence-electron chi connectivity index (χ1n) is 45.4. The van der Waals surface area contributed by atoms with Crippen molar-refractivity contribution in [3.63, 3.8) is 0 Å². The lowest BCUT2D eigenvalue weighted by atomic mass is 10.0. The van der Waals surface area contributed by atoms with Crippen LogP contribution in [0.5, 0.6) is 0 Å². The number of esters is 1. The van der Waals surface area contributed by atoms with Crippen molar-refractivity contribution in [1.82, 2.24) is 5.32 Å². The van der Waals surface area contributed by atoms with Gasteiger partial charge in [0.2, 0.25) is 5.91 Å². The van der Waals surface area contributed by atoms with Gasteiger partial charge in [-0.05, 0) is 89.9 Å². The van der Waals surface area contributed by atoms with Crippen LogP contribution in [-0.2, 0) is 14.3 Å². The first-order chi connectivity index (χ1) is 49.0. The van der Waals surface area contributed by atoms with Crippen molar-refractivity contribution in [2.24, 2.45) is 0 Å². The Morgan fingerprint density at radius 2 is 0.505 bits per heavy atom. The number of hydrogen-bond donors (Lipinski definition) is 3. The van der Waals surface area contributed by atoms with E-state index in [4.69, 9.17) is 4.74 Å². The molecule has 0 aliphatic carbocycles. The molecule has 0 saturated carbocycles. The SMILES string of the molecule is CCCCCCCCC/C=C\CCCCCCCCCC(=O)OCCCCCCCCCCCCCCCCC/C=C\C/C=C\CCCCCCCCCCCCCCCCCCCC(=O)NC(CO)C(O)/C=C/CCCCCCCCCCCCCCCCCCCCCCCCC. The summed E-state index contributed by atoms with van der Waals surface area (Å²) in [7, 11) is 0. The number of aliphatic hydroxyl groups excluding tert-OH is 2. The second-order valence-electron chi connectivity index (χ2n) is 31.3. The van der Waals surface area contributed by atoms with Crippen LogP contribution in [0.4, 0.5) is 0 Å². The van der Waals surface area contributed by atoms with E-state index >= 15 is 0 Å². The van der Waals surface area contributed by atoms with Gasteiger partial charge in [-0.3, -0.25) is 9.59 Å². The third-order valence-electron chi connectivity index (χ3n) is 21.3. The van der Waals surface area contributed by atoms with Gasteiger partial charge >= 0.3 is 5.97 Å². The summed E-state index contributed by atoms with van der Waals surface area (Å²) in [5.41, 5.74) is 0. The Labute approximate surface area is 620 Å². The number of carbonyl (C=O) groups excluding carboxylic acids is 2. The molecule has 0 aliphatic rings. The van der Waals surface area contributed by atoms with Crippen LogP contribution >= 0.6 is 0 Å². The van der Waals surface area contributed by atoms with Gasteiger partial charge in [0.05, 0.1) is 25.4 Å². The molecule has 0 aromatic heterocycles. The van der Waals surface area contributed by atoms with E-state index in [-0.39, 0.29) is 18.5 Å². The molecule has 1 amide bonds. The maximum absolute atomic E-state index is 12.6. The quantitative estimate of drug-likeness (QED) is 0.0320. The van der Waals surface area contributed by atoms with Crippen molar-refractivity contribution in [2.75, 3.05) is 13.2 Å². The lowest BCUT2D eigenvalue weighted by Crippen LogP contribution is -2.45. The molecule has 584 valence electrons. The van der Waals surface area contributed by atoms with E-state index in [1.54, 1.807) is 6.08 Å². The van der Waals surface area contributed by atoms with Gasteiger partial charge in [-0.15, -0.1) is 0 Å². The number of unbranched alkanes of at least 4 members (excludes halogenated alkanes) is 69. The fourth-order valence-corrected chi connectivity index (χ4v) is 14.4. The summed E-state index contributed by atoms with van der Waals surface area (Å²) in [4.78, 5) is 24.7. The van der Waals surface area contributed by atoms with Crippen molar-refractivity contribution >= 4 is 11.9 Å². The monoisotopic (exact) mass is 1390 g/mol. The van der Waals surface area contributed by atoms with E-state index < -0.39 is 12.1 Å². The predicted octanol–water partition coefficient (Wildman–Crippen LogP) is 30.7. The maximum Gasteiger partial charge on any atom is 0.305 e. The minimum atomic E-state index is -0.845. The van der Waals surface area contributed by atoms with Gasteiger partial charge in [0.1, 0.15) is 0 Å². The minimum Gasteiger partial charge on any atom is -0.466 e. The highest BCUT2D eigenvalue weighted by atomic mass is 16.5. The molecule has 6 nitrogen and oxygen atoms in total. The van der Waals surface area contributed by atoms with Crippen LogP contribution < -0.4 is 5.32 Å². The standard InChI is InChI=1S/C93H177NO5/c1-3-5-7-9-11-13-15-17-19-21-23-24-25-41-44-47-50-53-57-61-65-69-73-77-81-85-91(96)90(89-95)94-92(97)86-82-78-74-70-66-62-58-54-51-48-45-42-39-37-35-33-31-29-27-26-28-30-32-34-36-38-40-43-46-49-52-56-60-64-68-72-76-80-84-88-99-93(98)87-83-79-75-71-67-63-59-55-22-20-18-16-14-12-10-8-6-4-2/h20,22,26-27,30,32,81,85,90-91,95-96H,3-19,21,23-25,28-29,31,33-80,82-84,86-89H2,1-2H3,(H,94,97)/b22-20-,27-26-,32-30-,85-81+. The van der Waals surface area contributed by atoms with Crippen LogP contribution in [0, 0.1) is 0 Å². The van der Waals surface area contributed by atoms with Crippen molar-refractivity contribution in [3.8, 4) is 0 Å². The molecule has 0 aromatic carbocycles. The van der Waals surface area contributed by atoms with Crippen LogP contribution in [0.3, 0.4) is 0 Å². The van der Waals surface area contributed by atoms with Gasteiger partial charge in [0.15, 0.2) is 0 Å². The molecule has 0 aliphatic heterocycles. The molecule has 0 fully saturated rings. The number of aliphatic hydroxyl groups is 2. The molecule has 2 atom stereocenters. The Balaban J connectivity index is 3.37. The van der Waals surface area contributed by atoms with Gasteiger partial charge in [-0.25, -0.2) is 0 Å². The smallest absolute Gasteiger partial charge is 0.305 e. The van der Waals surface area contributed by atoms with Crippen LogP contribution in [-0.4, -0.2) is 47.4 Å². The molecule has 2 unspecified atom stereocenters. The zero-order valence-electron chi connectivity index (χ0n) is 67.3. The molecule has 0 rings (SSSR count). The highest BCUT2D eigenvalue weighted by Crippen LogP contribution is 2.21. The highest BCUT2D eigenvalue weighted by molar-refractivity contribution is 5.76. The van der Waals surface area contributed by atoms with Gasteiger partial charge in [-0.2, -0.15) is 0 Å². The van der Waals surface area contributed by atoms with Gasteiger partial charge in [0.25, 0.3) is 0 Å². The lowest BCUT2D eigenvalue weighted by molar-refractivity contribution is -0.143. The van der Waals surface area contributed by atoms with Crippen molar-refractivity contribution < 1.29 is 24.5 Å². The second-order valence-corrected chi connectivity index (χ2v) is 31.3. The molecule has 0 saturated heterocycles. The molecule has 3 N–H and O–H groups in total. The van der Waals surface area contributed by atoms with Crippen LogP contribution in [0.25, 0.3) is 0 Å². The summed E-state index contributed by atoms with van der Waals surface area (Å²) < 4.78 is 5.52. The minimum absolute atomic E-state index is 0.0181. The van der Waals surface area contributed by atoms with Crippen molar-refractivity contribution in [1.29, 1.82) is 0 Å². The van der Waals surface area contributed by atoms with E-state index in [0.717, 1.165) is 51.4 Å². The van der Waals surface area contributed by atoms with E-state index in [1.807, 2.05) is 6.08 Å². The number of rotatable bonds is 86. The molecular weight excluding hydrogens is 1210 g/mol. The first kappa shape index (κ1) is 96.8. The number of nitrogens with one attached hydrogen (secondary N) is 1. The molecule has 0 spiro atoms. The van der Waals surface area contributed by atoms with E-state index in [1.165, 1.54) is 430 Å². The number of hydrogen-bond acceptors (Lipinski definition) is 5. The molecule has 6 heteroatoms. The summed E-state index contributed by atoms with van der Waals surface area (Å²) >= 11 is 0. The molecule has 99 heavy (non-hydrogen) atoms. The maximum atomic E-state index is 12.6. The van der Waals surface area contributed by atoms with Crippen molar-refractivity contribution in [3.05, 3.63) is 48.6 Å². The molecule has 0 heterocycles.